The Bertz CT molecular complexity index is 634. The molecule has 4 nitrogen and oxygen atoms in total. The molecule has 0 unspecified atom stereocenters. The topological polar surface area (TPSA) is 41.9 Å². The summed E-state index contributed by atoms with van der Waals surface area (Å²) < 4.78 is 11.6. The first-order chi connectivity index (χ1) is 10.7. The molecule has 1 aromatic carbocycles. The van der Waals surface area contributed by atoms with E-state index in [1.165, 1.54) is 23.1 Å². The summed E-state index contributed by atoms with van der Waals surface area (Å²) in [5.41, 5.74) is 4.60. The smallest absolute Gasteiger partial charge is 0.231 e. The van der Waals surface area contributed by atoms with Crippen molar-refractivity contribution < 1.29 is 14.6 Å². The summed E-state index contributed by atoms with van der Waals surface area (Å²) in [5.74, 6) is 1.96. The normalized spacial score (nSPS) is 35.9. The number of rotatable bonds is 0. The molecule has 1 atom stereocenters. The number of nitrogens with zero attached hydrogens (tertiary/aromatic N) is 1. The van der Waals surface area contributed by atoms with Gasteiger partial charge in [-0.2, -0.15) is 0 Å². The molecule has 1 fully saturated rings. The van der Waals surface area contributed by atoms with Gasteiger partial charge in [-0.1, -0.05) is 0 Å². The Morgan fingerprint density at radius 2 is 2.09 bits per heavy atom. The van der Waals surface area contributed by atoms with Crippen LogP contribution in [0.5, 0.6) is 11.5 Å². The molecule has 2 heterocycles. The van der Waals surface area contributed by atoms with Gasteiger partial charge in [0.2, 0.25) is 6.79 Å². The zero-order valence-electron chi connectivity index (χ0n) is 13.1. The van der Waals surface area contributed by atoms with Gasteiger partial charge in [-0.05, 0) is 62.8 Å². The molecule has 2 aliphatic carbocycles. The van der Waals surface area contributed by atoms with Crippen molar-refractivity contribution in [1.82, 2.24) is 4.90 Å². The molecule has 0 bridgehead atoms. The van der Waals surface area contributed by atoms with E-state index >= 15 is 0 Å². The largest absolute Gasteiger partial charge is 0.454 e. The first-order valence-electron chi connectivity index (χ1n) is 8.52. The number of likely N-dealkylation sites (N-methyl/N-ethyl adjacent to an activating group) is 1. The van der Waals surface area contributed by atoms with Gasteiger partial charge >= 0.3 is 0 Å². The summed E-state index contributed by atoms with van der Waals surface area (Å²) in [4.78, 5) is 2.51. The highest BCUT2D eigenvalue weighted by molar-refractivity contribution is 5.63. The van der Waals surface area contributed by atoms with Crippen molar-refractivity contribution in [2.75, 3.05) is 20.4 Å². The first kappa shape index (κ1) is 13.2. The van der Waals surface area contributed by atoms with Crippen LogP contribution < -0.4 is 9.47 Å². The fraction of sp³-hybridized carbons (Fsp3) is 0.667. The molecule has 0 saturated heterocycles. The zero-order chi connectivity index (χ0) is 14.9. The van der Waals surface area contributed by atoms with E-state index in [1.807, 2.05) is 0 Å². The Balaban J connectivity index is 1.72. The molecule has 0 aromatic heterocycles. The van der Waals surface area contributed by atoms with Crippen LogP contribution >= 0.6 is 0 Å². The first-order valence-corrected chi connectivity index (χ1v) is 8.52. The summed E-state index contributed by atoms with van der Waals surface area (Å²) in [7, 11) is 2.25. The van der Waals surface area contributed by atoms with Gasteiger partial charge in [-0.25, -0.2) is 0 Å². The fourth-order valence-electron chi connectivity index (χ4n) is 5.24. The van der Waals surface area contributed by atoms with E-state index in [4.69, 9.17) is 9.47 Å². The second-order valence-electron chi connectivity index (χ2n) is 7.52. The highest BCUT2D eigenvalue weighted by Gasteiger charge is 2.51. The average Bonchev–Trinajstić information content (AvgIpc) is 3.10. The average molecular weight is 301 g/mol. The molecule has 1 saturated carbocycles. The van der Waals surface area contributed by atoms with Gasteiger partial charge in [-0.15, -0.1) is 0 Å². The van der Waals surface area contributed by atoms with E-state index in [0.717, 1.165) is 50.1 Å². The summed E-state index contributed by atoms with van der Waals surface area (Å²) in [6.45, 7) is 1.47. The van der Waals surface area contributed by atoms with Gasteiger partial charge in [0, 0.05) is 23.6 Å². The molecular formula is C18H23NO3. The van der Waals surface area contributed by atoms with Crippen molar-refractivity contribution in [3.8, 4) is 11.5 Å². The van der Waals surface area contributed by atoms with Crippen LogP contribution in [-0.2, 0) is 11.8 Å². The monoisotopic (exact) mass is 301 g/mol. The number of fused-ring (bicyclic) bond motifs is 3. The highest BCUT2D eigenvalue weighted by atomic mass is 16.7. The second kappa shape index (κ2) is 4.39. The quantitative estimate of drug-likeness (QED) is 0.799. The number of aliphatic hydroxyl groups excluding tert-OH is 1. The number of aliphatic hydroxyl groups is 1. The lowest BCUT2D eigenvalue weighted by molar-refractivity contribution is 0.0848. The summed E-state index contributed by atoms with van der Waals surface area (Å²) in [6, 6.07) is 2.74. The van der Waals surface area contributed by atoms with Gasteiger partial charge in [-0.3, -0.25) is 4.90 Å². The van der Waals surface area contributed by atoms with Crippen molar-refractivity contribution >= 4 is 0 Å². The minimum Gasteiger partial charge on any atom is -0.454 e. The summed E-state index contributed by atoms with van der Waals surface area (Å²) in [5, 5.41) is 9.97. The maximum Gasteiger partial charge on any atom is 0.231 e. The van der Waals surface area contributed by atoms with E-state index in [0.29, 0.717) is 12.8 Å². The molecule has 22 heavy (non-hydrogen) atoms. The molecule has 5 rings (SSSR count). The SMILES string of the molecule is CN1CCc2cc3c(c4c2[C@@H]1CC41CCC(O)CC1)OCO3. The molecule has 2 aliphatic heterocycles. The lowest BCUT2D eigenvalue weighted by Gasteiger charge is -2.37. The number of hydrogen-bond donors (Lipinski definition) is 1. The predicted molar refractivity (Wildman–Crippen MR) is 82.4 cm³/mol. The van der Waals surface area contributed by atoms with Crippen molar-refractivity contribution in [3.63, 3.8) is 0 Å². The third-order valence-corrected chi connectivity index (χ3v) is 6.41. The van der Waals surface area contributed by atoms with Crippen LogP contribution in [0.15, 0.2) is 6.07 Å². The fourth-order valence-corrected chi connectivity index (χ4v) is 5.24. The minimum absolute atomic E-state index is 0.121. The van der Waals surface area contributed by atoms with Crippen molar-refractivity contribution in [1.29, 1.82) is 0 Å². The zero-order valence-corrected chi connectivity index (χ0v) is 13.1. The number of hydrogen-bond acceptors (Lipinski definition) is 4. The third kappa shape index (κ3) is 1.60. The van der Waals surface area contributed by atoms with Gasteiger partial charge in [0.1, 0.15) is 0 Å². The van der Waals surface area contributed by atoms with E-state index in [2.05, 4.69) is 18.0 Å². The predicted octanol–water partition coefficient (Wildman–Crippen LogP) is 2.52. The van der Waals surface area contributed by atoms with Crippen LogP contribution in [0.2, 0.25) is 0 Å². The van der Waals surface area contributed by atoms with Gasteiger partial charge in [0.05, 0.1) is 6.10 Å². The Morgan fingerprint density at radius 3 is 2.91 bits per heavy atom. The summed E-state index contributed by atoms with van der Waals surface area (Å²) >= 11 is 0. The second-order valence-corrected chi connectivity index (χ2v) is 7.52. The maximum atomic E-state index is 9.97. The highest BCUT2D eigenvalue weighted by Crippen LogP contribution is 2.61. The number of ether oxygens (including phenoxy) is 2. The van der Waals surface area contributed by atoms with Crippen LogP contribution in [-0.4, -0.2) is 36.5 Å². The molecule has 1 aromatic rings. The molecule has 1 N–H and O–H groups in total. The Kier molecular flexibility index (Phi) is 2.63. The van der Waals surface area contributed by atoms with Crippen LogP contribution in [0.1, 0.15) is 54.8 Å². The van der Waals surface area contributed by atoms with E-state index < -0.39 is 0 Å². The third-order valence-electron chi connectivity index (χ3n) is 6.41. The Hall–Kier alpha value is -1.26. The summed E-state index contributed by atoms with van der Waals surface area (Å²) in [6.07, 6.45) is 6.13. The van der Waals surface area contributed by atoms with E-state index in [-0.39, 0.29) is 11.5 Å². The maximum absolute atomic E-state index is 9.97. The lowest BCUT2D eigenvalue weighted by atomic mass is 9.69. The molecule has 4 heteroatoms. The minimum atomic E-state index is -0.121. The van der Waals surface area contributed by atoms with Crippen LogP contribution in [0.3, 0.4) is 0 Å². The van der Waals surface area contributed by atoms with Crippen LogP contribution in [0.25, 0.3) is 0 Å². The molecule has 4 aliphatic rings. The van der Waals surface area contributed by atoms with E-state index in [9.17, 15) is 5.11 Å². The van der Waals surface area contributed by atoms with Crippen molar-refractivity contribution in [2.24, 2.45) is 0 Å². The lowest BCUT2D eigenvalue weighted by Crippen LogP contribution is -2.34. The van der Waals surface area contributed by atoms with Gasteiger partial charge < -0.3 is 14.6 Å². The van der Waals surface area contributed by atoms with E-state index in [1.54, 1.807) is 0 Å². The molecule has 0 amide bonds. The molecular weight excluding hydrogens is 278 g/mol. The Morgan fingerprint density at radius 1 is 1.27 bits per heavy atom. The molecule has 1 spiro atoms. The Labute approximate surface area is 131 Å². The van der Waals surface area contributed by atoms with Crippen LogP contribution in [0, 0.1) is 0 Å². The van der Waals surface area contributed by atoms with Gasteiger partial charge in [0.15, 0.2) is 11.5 Å². The van der Waals surface area contributed by atoms with Crippen molar-refractivity contribution in [3.05, 3.63) is 22.8 Å². The molecule has 0 radical (unpaired) electrons. The van der Waals surface area contributed by atoms with Crippen LogP contribution in [0.4, 0.5) is 0 Å². The van der Waals surface area contributed by atoms with Gasteiger partial charge in [0.25, 0.3) is 0 Å². The standard InChI is InChI=1S/C18H23NO3/c1-19-7-4-11-8-14-17(22-10-21-14)16-15(11)13(19)9-18(16)5-2-12(20)3-6-18/h8,12-13,20H,2-7,9-10H2,1H3/t12?,13-,18?/m0/s1. The van der Waals surface area contributed by atoms with Crippen molar-refractivity contribution in [2.45, 2.75) is 56.1 Å². The molecule has 118 valence electrons. The number of benzene rings is 1.